The minimum atomic E-state index is -1.11. The van der Waals surface area contributed by atoms with Crippen LogP contribution in [0.2, 0.25) is 0 Å². The van der Waals surface area contributed by atoms with E-state index in [1.165, 1.54) is 43.9 Å². The molecule has 1 nitrogen and oxygen atoms in total. The molecule has 2 aliphatic rings. The zero-order chi connectivity index (χ0) is 24.1. The molecule has 4 heteroatoms. The van der Waals surface area contributed by atoms with Crippen molar-refractivity contribution in [2.75, 3.05) is 6.61 Å². The van der Waals surface area contributed by atoms with Crippen LogP contribution in [0.25, 0.3) is 0 Å². The van der Waals surface area contributed by atoms with Gasteiger partial charge in [0.15, 0.2) is 11.6 Å². The summed E-state index contributed by atoms with van der Waals surface area (Å²) >= 11 is 0. The number of benzene rings is 2. The van der Waals surface area contributed by atoms with Gasteiger partial charge in [0.05, 0.1) is 11.1 Å². The molecule has 34 heavy (non-hydrogen) atoms. The van der Waals surface area contributed by atoms with Crippen molar-refractivity contribution in [3.63, 3.8) is 0 Å². The predicted molar refractivity (Wildman–Crippen MR) is 130 cm³/mol. The van der Waals surface area contributed by atoms with Crippen molar-refractivity contribution in [1.29, 1.82) is 0 Å². The Hall–Kier alpha value is -2.93. The third-order valence-electron chi connectivity index (χ3n) is 7.32. The molecule has 0 aliphatic heterocycles. The van der Waals surface area contributed by atoms with Gasteiger partial charge in [-0.3, -0.25) is 0 Å². The van der Waals surface area contributed by atoms with E-state index in [2.05, 4.69) is 37.5 Å². The molecular formula is C30H31F3O. The van der Waals surface area contributed by atoms with Gasteiger partial charge < -0.3 is 4.74 Å². The Labute approximate surface area is 200 Å². The van der Waals surface area contributed by atoms with Gasteiger partial charge in [-0.1, -0.05) is 42.7 Å². The Kier molecular flexibility index (Phi) is 7.83. The van der Waals surface area contributed by atoms with Crippen molar-refractivity contribution in [3.8, 4) is 17.6 Å². The Morgan fingerprint density at radius 2 is 1.68 bits per heavy atom. The Morgan fingerprint density at radius 3 is 2.44 bits per heavy atom. The van der Waals surface area contributed by atoms with E-state index in [9.17, 15) is 13.2 Å². The number of fused-ring (bicyclic) bond motifs is 1. The van der Waals surface area contributed by atoms with Gasteiger partial charge in [0.25, 0.3) is 0 Å². The van der Waals surface area contributed by atoms with Crippen LogP contribution in [0.1, 0.15) is 68.1 Å². The first-order valence-corrected chi connectivity index (χ1v) is 12.2. The van der Waals surface area contributed by atoms with Crippen molar-refractivity contribution >= 4 is 0 Å². The number of hydrogen-bond acceptors (Lipinski definition) is 1. The maximum atomic E-state index is 14.9. The summed E-state index contributed by atoms with van der Waals surface area (Å²) in [6.45, 7) is 5.64. The lowest BCUT2D eigenvalue weighted by atomic mass is 9.64. The summed E-state index contributed by atoms with van der Waals surface area (Å²) in [5.74, 6) is 4.96. The molecule has 4 atom stereocenters. The van der Waals surface area contributed by atoms with Gasteiger partial charge in [-0.25, -0.2) is 8.78 Å². The van der Waals surface area contributed by atoms with Crippen LogP contribution < -0.4 is 4.74 Å². The van der Waals surface area contributed by atoms with E-state index in [0.29, 0.717) is 11.8 Å². The average molecular weight is 465 g/mol. The fourth-order valence-corrected chi connectivity index (χ4v) is 5.58. The molecular weight excluding hydrogens is 433 g/mol. The maximum Gasteiger partial charge on any atom is 0.201 e. The number of hydrogen-bond donors (Lipinski definition) is 0. The highest BCUT2D eigenvalue weighted by atomic mass is 19.2. The van der Waals surface area contributed by atoms with E-state index in [0.717, 1.165) is 30.2 Å². The first kappa shape index (κ1) is 24.2. The van der Waals surface area contributed by atoms with Crippen LogP contribution in [-0.4, -0.2) is 6.61 Å². The van der Waals surface area contributed by atoms with E-state index < -0.39 is 17.5 Å². The Bertz CT molecular complexity index is 1120. The van der Waals surface area contributed by atoms with Crippen LogP contribution in [-0.2, 0) is 0 Å². The molecule has 2 aliphatic carbocycles. The van der Waals surface area contributed by atoms with Crippen LogP contribution in [0.15, 0.2) is 55.1 Å². The predicted octanol–water partition coefficient (Wildman–Crippen LogP) is 7.94. The van der Waals surface area contributed by atoms with Crippen molar-refractivity contribution in [3.05, 3.63) is 89.3 Å². The normalized spacial score (nSPS) is 24.2. The van der Waals surface area contributed by atoms with Gasteiger partial charge >= 0.3 is 0 Å². The second kappa shape index (κ2) is 11.0. The molecule has 0 saturated heterocycles. The van der Waals surface area contributed by atoms with Crippen LogP contribution in [0.5, 0.6) is 5.75 Å². The zero-order valence-corrected chi connectivity index (χ0v) is 19.6. The van der Waals surface area contributed by atoms with Crippen LogP contribution in [0.3, 0.4) is 0 Å². The molecule has 2 fully saturated rings. The van der Waals surface area contributed by atoms with Gasteiger partial charge in [0.2, 0.25) is 5.82 Å². The van der Waals surface area contributed by atoms with E-state index in [4.69, 9.17) is 4.74 Å². The summed E-state index contributed by atoms with van der Waals surface area (Å²) in [5, 5.41) is 0. The van der Waals surface area contributed by atoms with Gasteiger partial charge in [0.1, 0.15) is 12.4 Å². The molecule has 2 aromatic carbocycles. The van der Waals surface area contributed by atoms with E-state index in [-0.39, 0.29) is 23.5 Å². The molecule has 0 N–H and O–H groups in total. The summed E-state index contributed by atoms with van der Waals surface area (Å²) in [5.41, 5.74) is 1.05. The van der Waals surface area contributed by atoms with Gasteiger partial charge in [0, 0.05) is 0 Å². The fraction of sp³-hybridized carbons (Fsp3) is 0.400. The SMILES string of the molecule is C=CCOc1ccc(C#Cc2ccc(C3CCC4CC(/C=C/C)CCC4C3)cc2F)c(F)c1F. The van der Waals surface area contributed by atoms with Crippen LogP contribution in [0, 0.1) is 47.0 Å². The Balaban J connectivity index is 1.45. The highest BCUT2D eigenvalue weighted by molar-refractivity contribution is 5.47. The van der Waals surface area contributed by atoms with Gasteiger partial charge in [-0.2, -0.15) is 4.39 Å². The second-order valence-corrected chi connectivity index (χ2v) is 9.46. The highest BCUT2D eigenvalue weighted by Crippen LogP contribution is 2.47. The first-order chi connectivity index (χ1) is 16.5. The summed E-state index contributed by atoms with van der Waals surface area (Å²) in [4.78, 5) is 0. The molecule has 0 radical (unpaired) electrons. The topological polar surface area (TPSA) is 9.23 Å². The molecule has 0 spiro atoms. The Morgan fingerprint density at radius 1 is 0.941 bits per heavy atom. The third-order valence-corrected chi connectivity index (χ3v) is 7.32. The molecule has 0 amide bonds. The highest BCUT2D eigenvalue weighted by Gasteiger charge is 2.35. The van der Waals surface area contributed by atoms with E-state index in [1.807, 2.05) is 6.07 Å². The van der Waals surface area contributed by atoms with Crippen molar-refractivity contribution < 1.29 is 17.9 Å². The molecule has 0 heterocycles. The van der Waals surface area contributed by atoms with Crippen LogP contribution >= 0.6 is 0 Å². The molecule has 0 aromatic heterocycles. The molecule has 2 saturated carbocycles. The molecule has 4 rings (SSSR count). The summed E-state index contributed by atoms with van der Waals surface area (Å²) in [6.07, 6.45) is 13.1. The molecule has 178 valence electrons. The monoisotopic (exact) mass is 464 g/mol. The molecule has 2 aromatic rings. The minimum Gasteiger partial charge on any atom is -0.486 e. The lowest BCUT2D eigenvalue weighted by molar-refractivity contribution is 0.133. The number of halogens is 3. The number of rotatable bonds is 5. The number of ether oxygens (including phenoxy) is 1. The maximum absolute atomic E-state index is 14.9. The first-order valence-electron chi connectivity index (χ1n) is 12.2. The smallest absolute Gasteiger partial charge is 0.201 e. The minimum absolute atomic E-state index is 0.0675. The average Bonchev–Trinajstić information content (AvgIpc) is 2.85. The van der Waals surface area contributed by atoms with Gasteiger partial charge in [-0.15, -0.1) is 0 Å². The molecule has 0 bridgehead atoms. The van der Waals surface area contributed by atoms with Crippen LogP contribution in [0.4, 0.5) is 13.2 Å². The van der Waals surface area contributed by atoms with Gasteiger partial charge in [-0.05, 0) is 98.9 Å². The third kappa shape index (κ3) is 5.41. The van der Waals surface area contributed by atoms with E-state index in [1.54, 1.807) is 12.1 Å². The summed E-state index contributed by atoms with van der Waals surface area (Å²) in [7, 11) is 0. The largest absolute Gasteiger partial charge is 0.486 e. The second-order valence-electron chi connectivity index (χ2n) is 9.46. The quantitative estimate of drug-likeness (QED) is 0.322. The fourth-order valence-electron chi connectivity index (χ4n) is 5.58. The summed E-state index contributed by atoms with van der Waals surface area (Å²) < 4.78 is 48.4. The molecule has 4 unspecified atom stereocenters. The van der Waals surface area contributed by atoms with E-state index >= 15 is 0 Å². The number of allylic oxidation sites excluding steroid dienone is 2. The standard InChI is InChI=1S/C30H31F3O/c1-3-5-20-6-7-24-18-25(13-12-23(24)17-20)26-11-9-21(27(31)19-26)8-10-22-14-15-28(34-16-4-2)30(33)29(22)32/h3-5,9,11,14-15,19-20,23-25H,2,6-7,12-13,16-18H2,1H3/b5-3+. The lowest BCUT2D eigenvalue weighted by Gasteiger charge is -2.41. The zero-order valence-electron chi connectivity index (χ0n) is 19.6. The summed E-state index contributed by atoms with van der Waals surface area (Å²) in [6, 6.07) is 7.81. The van der Waals surface area contributed by atoms with Crippen molar-refractivity contribution in [2.45, 2.75) is 51.4 Å². The van der Waals surface area contributed by atoms with Crippen molar-refractivity contribution in [2.24, 2.45) is 17.8 Å². The lowest BCUT2D eigenvalue weighted by Crippen LogP contribution is -2.30. The van der Waals surface area contributed by atoms with Crippen molar-refractivity contribution in [1.82, 2.24) is 0 Å².